The van der Waals surface area contributed by atoms with Crippen molar-refractivity contribution in [2.24, 2.45) is 0 Å². The summed E-state index contributed by atoms with van der Waals surface area (Å²) >= 11 is 0. The summed E-state index contributed by atoms with van der Waals surface area (Å²) in [7, 11) is 0. The molecule has 3 rings (SSSR count). The number of nitrogens with zero attached hydrogens (tertiary/aromatic N) is 1. The molecule has 0 saturated carbocycles. The fourth-order valence-corrected chi connectivity index (χ4v) is 2.59. The van der Waals surface area contributed by atoms with Crippen molar-refractivity contribution in [3.8, 4) is 0 Å². The molecule has 1 aliphatic rings. The van der Waals surface area contributed by atoms with Gasteiger partial charge in [-0.3, -0.25) is 14.5 Å². The molecule has 3 nitrogen and oxygen atoms in total. The fraction of sp³-hybridized carbons (Fsp3) is 0.200. The molecule has 18 heavy (non-hydrogen) atoms. The van der Waals surface area contributed by atoms with Gasteiger partial charge in [0, 0.05) is 23.1 Å². The second-order valence-corrected chi connectivity index (χ2v) is 4.57. The van der Waals surface area contributed by atoms with Crippen LogP contribution in [0, 0.1) is 6.92 Å². The van der Waals surface area contributed by atoms with Gasteiger partial charge in [0.15, 0.2) is 0 Å². The average molecular weight is 239 g/mol. The van der Waals surface area contributed by atoms with E-state index in [1.165, 1.54) is 4.90 Å². The van der Waals surface area contributed by atoms with Gasteiger partial charge in [-0.05, 0) is 36.9 Å². The summed E-state index contributed by atoms with van der Waals surface area (Å²) in [6.07, 6.45) is 0. The third kappa shape index (κ3) is 1.30. The maximum atomic E-state index is 12.3. The largest absolute Gasteiger partial charge is 0.275 e. The van der Waals surface area contributed by atoms with E-state index in [1.807, 2.05) is 38.1 Å². The minimum Gasteiger partial charge on any atom is -0.275 e. The van der Waals surface area contributed by atoms with Crippen LogP contribution in [0.4, 0.5) is 0 Å². The normalized spacial score (nSPS) is 14.4. The molecule has 0 atom stereocenters. The zero-order chi connectivity index (χ0) is 12.9. The van der Waals surface area contributed by atoms with E-state index >= 15 is 0 Å². The number of carbonyl (C=O) groups is 2. The second kappa shape index (κ2) is 3.67. The van der Waals surface area contributed by atoms with Gasteiger partial charge in [-0.25, -0.2) is 0 Å². The van der Waals surface area contributed by atoms with Gasteiger partial charge >= 0.3 is 0 Å². The molecule has 2 amide bonds. The quantitative estimate of drug-likeness (QED) is 0.717. The first kappa shape index (κ1) is 11.0. The molecule has 2 aromatic rings. The Balaban J connectivity index is 2.45. The van der Waals surface area contributed by atoms with E-state index in [0.29, 0.717) is 17.7 Å². The van der Waals surface area contributed by atoms with Crippen molar-refractivity contribution in [2.75, 3.05) is 6.54 Å². The average Bonchev–Trinajstić information content (AvgIpc) is 2.36. The Labute approximate surface area is 105 Å². The number of aryl methyl sites for hydroxylation is 1. The predicted octanol–water partition coefficient (Wildman–Crippen LogP) is 2.76. The van der Waals surface area contributed by atoms with Crippen LogP contribution in [0.2, 0.25) is 0 Å². The molecule has 0 spiro atoms. The number of imide groups is 1. The van der Waals surface area contributed by atoms with Gasteiger partial charge in [0.05, 0.1) is 0 Å². The summed E-state index contributed by atoms with van der Waals surface area (Å²) in [4.78, 5) is 25.8. The van der Waals surface area contributed by atoms with Gasteiger partial charge < -0.3 is 0 Å². The molecule has 1 aliphatic heterocycles. The monoisotopic (exact) mass is 239 g/mol. The maximum absolute atomic E-state index is 12.3. The van der Waals surface area contributed by atoms with Crippen LogP contribution >= 0.6 is 0 Å². The maximum Gasteiger partial charge on any atom is 0.261 e. The van der Waals surface area contributed by atoms with Crippen LogP contribution in [0.25, 0.3) is 10.8 Å². The number of rotatable bonds is 1. The molecule has 0 saturated heterocycles. The molecule has 90 valence electrons. The standard InChI is InChI=1S/C15H13NO2/c1-3-16-14(17)11-6-4-5-10-7-9(2)8-12(13(10)11)15(16)18/h4-8H,3H2,1-2H3. The fourth-order valence-electron chi connectivity index (χ4n) is 2.59. The first-order valence-electron chi connectivity index (χ1n) is 6.03. The molecular weight excluding hydrogens is 226 g/mol. The predicted molar refractivity (Wildman–Crippen MR) is 69.7 cm³/mol. The van der Waals surface area contributed by atoms with Crippen LogP contribution in [0.3, 0.4) is 0 Å². The lowest BCUT2D eigenvalue weighted by Gasteiger charge is -2.26. The van der Waals surface area contributed by atoms with E-state index in [4.69, 9.17) is 0 Å². The second-order valence-electron chi connectivity index (χ2n) is 4.57. The van der Waals surface area contributed by atoms with Crippen LogP contribution in [-0.2, 0) is 0 Å². The highest BCUT2D eigenvalue weighted by atomic mass is 16.2. The van der Waals surface area contributed by atoms with E-state index in [9.17, 15) is 9.59 Å². The van der Waals surface area contributed by atoms with Crippen LogP contribution in [-0.4, -0.2) is 23.3 Å². The molecule has 0 unspecified atom stereocenters. The van der Waals surface area contributed by atoms with Crippen molar-refractivity contribution < 1.29 is 9.59 Å². The van der Waals surface area contributed by atoms with Crippen LogP contribution in [0.1, 0.15) is 33.2 Å². The molecule has 0 aromatic heterocycles. The van der Waals surface area contributed by atoms with Crippen molar-refractivity contribution in [1.82, 2.24) is 4.90 Å². The summed E-state index contributed by atoms with van der Waals surface area (Å²) in [5.74, 6) is -0.376. The molecule has 0 fully saturated rings. The number of hydrogen-bond acceptors (Lipinski definition) is 2. The van der Waals surface area contributed by atoms with Crippen molar-refractivity contribution in [2.45, 2.75) is 13.8 Å². The Morgan fingerprint density at radius 2 is 1.78 bits per heavy atom. The molecule has 0 radical (unpaired) electrons. The van der Waals surface area contributed by atoms with E-state index in [2.05, 4.69) is 0 Å². The molecule has 2 aromatic carbocycles. The third-order valence-corrected chi connectivity index (χ3v) is 3.39. The van der Waals surface area contributed by atoms with Crippen LogP contribution in [0.5, 0.6) is 0 Å². The Hall–Kier alpha value is -2.16. The number of benzene rings is 2. The van der Waals surface area contributed by atoms with Gasteiger partial charge in [0.2, 0.25) is 0 Å². The van der Waals surface area contributed by atoms with Gasteiger partial charge in [0.25, 0.3) is 11.8 Å². The zero-order valence-corrected chi connectivity index (χ0v) is 10.4. The molecule has 0 bridgehead atoms. The van der Waals surface area contributed by atoms with Crippen molar-refractivity contribution in [3.63, 3.8) is 0 Å². The van der Waals surface area contributed by atoms with E-state index in [0.717, 1.165) is 16.3 Å². The highest BCUT2D eigenvalue weighted by Gasteiger charge is 2.31. The summed E-state index contributed by atoms with van der Waals surface area (Å²) in [5.41, 5.74) is 2.31. The Kier molecular flexibility index (Phi) is 2.23. The van der Waals surface area contributed by atoms with Gasteiger partial charge in [0.1, 0.15) is 0 Å². The molecular formula is C15H13NO2. The summed E-state index contributed by atoms with van der Waals surface area (Å²) in [6, 6.07) is 9.46. The van der Waals surface area contributed by atoms with Crippen LogP contribution < -0.4 is 0 Å². The minimum atomic E-state index is -0.190. The van der Waals surface area contributed by atoms with Gasteiger partial charge in [-0.15, -0.1) is 0 Å². The van der Waals surface area contributed by atoms with Crippen molar-refractivity contribution in [3.05, 3.63) is 47.0 Å². The first-order valence-corrected chi connectivity index (χ1v) is 6.03. The van der Waals surface area contributed by atoms with Gasteiger partial charge in [-0.2, -0.15) is 0 Å². The van der Waals surface area contributed by atoms with Crippen LogP contribution in [0.15, 0.2) is 30.3 Å². The molecule has 0 aliphatic carbocycles. The topological polar surface area (TPSA) is 37.4 Å². The van der Waals surface area contributed by atoms with Crippen molar-refractivity contribution >= 4 is 22.6 Å². The lowest BCUT2D eigenvalue weighted by Crippen LogP contribution is -2.40. The highest BCUT2D eigenvalue weighted by molar-refractivity contribution is 6.25. The van der Waals surface area contributed by atoms with E-state index < -0.39 is 0 Å². The summed E-state index contributed by atoms with van der Waals surface area (Å²) < 4.78 is 0. The first-order chi connectivity index (χ1) is 8.63. The zero-order valence-electron chi connectivity index (χ0n) is 10.4. The Bertz CT molecular complexity index is 688. The van der Waals surface area contributed by atoms with E-state index in [-0.39, 0.29) is 11.8 Å². The summed E-state index contributed by atoms with van der Waals surface area (Å²) in [6.45, 7) is 4.18. The van der Waals surface area contributed by atoms with Gasteiger partial charge in [-0.1, -0.05) is 18.2 Å². The molecule has 1 heterocycles. The lowest BCUT2D eigenvalue weighted by molar-refractivity contribution is 0.0619. The Morgan fingerprint density at radius 3 is 2.50 bits per heavy atom. The lowest BCUT2D eigenvalue weighted by atomic mass is 9.92. The SMILES string of the molecule is CCN1C(=O)c2cccc3cc(C)cc(c23)C1=O. The highest BCUT2D eigenvalue weighted by Crippen LogP contribution is 2.30. The Morgan fingerprint density at radius 1 is 1.06 bits per heavy atom. The molecule has 0 N–H and O–H groups in total. The third-order valence-electron chi connectivity index (χ3n) is 3.39. The summed E-state index contributed by atoms with van der Waals surface area (Å²) in [5, 5.41) is 1.75. The number of hydrogen-bond donors (Lipinski definition) is 0. The smallest absolute Gasteiger partial charge is 0.261 e. The number of carbonyl (C=O) groups excluding carboxylic acids is 2. The molecule has 3 heteroatoms. The minimum absolute atomic E-state index is 0.185. The van der Waals surface area contributed by atoms with E-state index in [1.54, 1.807) is 6.07 Å². The van der Waals surface area contributed by atoms with Crippen molar-refractivity contribution in [1.29, 1.82) is 0 Å². The number of amides is 2.